The molecule has 1 aromatic heterocycles. The van der Waals surface area contributed by atoms with Crippen molar-refractivity contribution >= 4 is 34.1 Å². The van der Waals surface area contributed by atoms with Crippen LogP contribution in [0.2, 0.25) is 10.0 Å². The first-order chi connectivity index (χ1) is 8.65. The van der Waals surface area contributed by atoms with Crippen LogP contribution >= 0.6 is 23.2 Å². The fourth-order valence-corrected chi connectivity index (χ4v) is 2.48. The van der Waals surface area contributed by atoms with Gasteiger partial charge in [-0.3, -0.25) is 0 Å². The second kappa shape index (κ2) is 4.23. The molecular weight excluding hydrogens is 269 g/mol. The Balaban J connectivity index is 2.26. The number of fused-ring (bicyclic) bond motifs is 1. The Kier molecular flexibility index (Phi) is 2.69. The molecule has 0 aliphatic rings. The summed E-state index contributed by atoms with van der Waals surface area (Å²) in [5.41, 5.74) is 2.39. The van der Waals surface area contributed by atoms with Gasteiger partial charge in [0.1, 0.15) is 5.75 Å². The molecule has 3 aromatic rings. The number of hydrogen-bond donors (Lipinski definition) is 2. The van der Waals surface area contributed by atoms with Gasteiger partial charge in [0.05, 0.1) is 10.7 Å². The molecule has 2 N–H and O–H groups in total. The first-order valence-electron chi connectivity index (χ1n) is 5.41. The molecule has 2 aromatic carbocycles. The van der Waals surface area contributed by atoms with Crippen LogP contribution in [0.4, 0.5) is 0 Å². The van der Waals surface area contributed by atoms with E-state index < -0.39 is 0 Å². The number of phenols is 1. The molecule has 0 aliphatic carbocycles. The van der Waals surface area contributed by atoms with Crippen LogP contribution in [0.3, 0.4) is 0 Å². The zero-order valence-electron chi connectivity index (χ0n) is 9.24. The summed E-state index contributed by atoms with van der Waals surface area (Å²) in [5, 5.41) is 11.8. The van der Waals surface area contributed by atoms with Crippen LogP contribution in [0.5, 0.6) is 5.75 Å². The molecule has 0 fully saturated rings. The Morgan fingerprint density at radius 1 is 1.00 bits per heavy atom. The molecule has 0 aliphatic heterocycles. The van der Waals surface area contributed by atoms with E-state index in [4.69, 9.17) is 23.2 Å². The normalized spacial score (nSPS) is 11.0. The first kappa shape index (κ1) is 11.5. The van der Waals surface area contributed by atoms with Crippen molar-refractivity contribution in [1.29, 1.82) is 0 Å². The van der Waals surface area contributed by atoms with Crippen molar-refractivity contribution in [3.05, 3.63) is 52.5 Å². The Labute approximate surface area is 114 Å². The molecule has 4 heteroatoms. The lowest BCUT2D eigenvalue weighted by Crippen LogP contribution is -1.80. The van der Waals surface area contributed by atoms with E-state index in [1.54, 1.807) is 6.07 Å². The molecule has 0 unspecified atom stereocenters. The molecule has 3 rings (SSSR count). The third kappa shape index (κ3) is 1.84. The summed E-state index contributed by atoms with van der Waals surface area (Å²) in [7, 11) is 0. The minimum atomic E-state index is 0.0348. The smallest absolute Gasteiger partial charge is 0.143 e. The molecular formula is C14H9Cl2NO. The van der Waals surface area contributed by atoms with Crippen LogP contribution in [0.1, 0.15) is 0 Å². The summed E-state index contributed by atoms with van der Waals surface area (Å²) in [4.78, 5) is 3.23. The van der Waals surface area contributed by atoms with Gasteiger partial charge in [0, 0.05) is 21.5 Å². The number of benzene rings is 2. The van der Waals surface area contributed by atoms with Crippen molar-refractivity contribution in [3.63, 3.8) is 0 Å². The van der Waals surface area contributed by atoms with Crippen LogP contribution in [-0.4, -0.2) is 10.1 Å². The molecule has 0 saturated heterocycles. The van der Waals surface area contributed by atoms with Gasteiger partial charge in [-0.05, 0) is 24.3 Å². The van der Waals surface area contributed by atoms with E-state index >= 15 is 0 Å². The van der Waals surface area contributed by atoms with Crippen LogP contribution < -0.4 is 0 Å². The number of nitrogens with one attached hydrogen (secondary N) is 1. The fraction of sp³-hybridized carbons (Fsp3) is 0. The molecule has 0 saturated carbocycles. The highest BCUT2D eigenvalue weighted by Gasteiger charge is 2.12. The zero-order chi connectivity index (χ0) is 12.7. The molecule has 1 heterocycles. The quantitative estimate of drug-likeness (QED) is 0.656. The third-order valence-corrected chi connectivity index (χ3v) is 3.35. The lowest BCUT2D eigenvalue weighted by molar-refractivity contribution is 0.477. The Morgan fingerprint density at radius 3 is 2.56 bits per heavy atom. The van der Waals surface area contributed by atoms with Crippen molar-refractivity contribution in [2.45, 2.75) is 0 Å². The highest BCUT2D eigenvalue weighted by Crippen LogP contribution is 2.38. The summed E-state index contributed by atoms with van der Waals surface area (Å²) in [6.45, 7) is 0. The molecule has 0 radical (unpaired) electrons. The number of rotatable bonds is 1. The average molecular weight is 278 g/mol. The predicted octanol–water partition coefficient (Wildman–Crippen LogP) is 4.85. The summed E-state index contributed by atoms with van der Waals surface area (Å²) in [6.07, 6.45) is 0. The van der Waals surface area contributed by atoms with E-state index in [9.17, 15) is 5.11 Å². The molecule has 0 amide bonds. The van der Waals surface area contributed by atoms with Gasteiger partial charge in [0.15, 0.2) is 0 Å². The zero-order valence-corrected chi connectivity index (χ0v) is 10.8. The number of phenolic OH excluding ortho intramolecular Hbond substituents is 1. The number of halogens is 2. The fourth-order valence-electron chi connectivity index (χ4n) is 1.99. The molecule has 0 spiro atoms. The lowest BCUT2D eigenvalue weighted by atomic mass is 10.1. The summed E-state index contributed by atoms with van der Waals surface area (Å²) in [6, 6.07) is 13.0. The molecule has 0 atom stereocenters. The van der Waals surface area contributed by atoms with Crippen molar-refractivity contribution in [2.24, 2.45) is 0 Å². The van der Waals surface area contributed by atoms with E-state index in [-0.39, 0.29) is 10.8 Å². The van der Waals surface area contributed by atoms with Gasteiger partial charge in [-0.15, -0.1) is 0 Å². The maximum atomic E-state index is 9.99. The maximum Gasteiger partial charge on any atom is 0.143 e. The minimum absolute atomic E-state index is 0.0348. The van der Waals surface area contributed by atoms with Gasteiger partial charge >= 0.3 is 0 Å². The van der Waals surface area contributed by atoms with Crippen molar-refractivity contribution < 1.29 is 5.11 Å². The first-order valence-corrected chi connectivity index (χ1v) is 6.17. The van der Waals surface area contributed by atoms with Crippen molar-refractivity contribution in [2.75, 3.05) is 0 Å². The highest BCUT2D eigenvalue weighted by atomic mass is 35.5. The van der Waals surface area contributed by atoms with Gasteiger partial charge < -0.3 is 10.1 Å². The number of aromatic hydroxyl groups is 1. The molecule has 0 bridgehead atoms. The largest absolute Gasteiger partial charge is 0.506 e. The Hall–Kier alpha value is -1.64. The number of para-hydroxylation sites is 1. The Bertz CT molecular complexity index is 701. The van der Waals surface area contributed by atoms with Gasteiger partial charge in [0.25, 0.3) is 0 Å². The molecule has 18 heavy (non-hydrogen) atoms. The van der Waals surface area contributed by atoms with E-state index in [2.05, 4.69) is 4.98 Å². The number of H-pyrrole nitrogens is 1. The monoisotopic (exact) mass is 277 g/mol. The van der Waals surface area contributed by atoms with Gasteiger partial charge in [-0.25, -0.2) is 0 Å². The van der Waals surface area contributed by atoms with Crippen LogP contribution in [-0.2, 0) is 0 Å². The van der Waals surface area contributed by atoms with Crippen LogP contribution in [0.15, 0.2) is 42.5 Å². The number of hydrogen-bond acceptors (Lipinski definition) is 1. The topological polar surface area (TPSA) is 36.0 Å². The van der Waals surface area contributed by atoms with E-state index in [1.165, 1.54) is 6.07 Å². The van der Waals surface area contributed by atoms with E-state index in [0.29, 0.717) is 10.6 Å². The predicted molar refractivity (Wildman–Crippen MR) is 75.4 cm³/mol. The van der Waals surface area contributed by atoms with Gasteiger partial charge in [-0.2, -0.15) is 0 Å². The van der Waals surface area contributed by atoms with Crippen LogP contribution in [0.25, 0.3) is 22.2 Å². The second-order valence-electron chi connectivity index (χ2n) is 4.05. The lowest BCUT2D eigenvalue weighted by Gasteiger charge is -2.05. The number of aromatic amines is 1. The van der Waals surface area contributed by atoms with Crippen molar-refractivity contribution in [1.82, 2.24) is 4.98 Å². The third-order valence-electron chi connectivity index (χ3n) is 2.85. The van der Waals surface area contributed by atoms with E-state index in [1.807, 2.05) is 30.3 Å². The Morgan fingerprint density at radius 2 is 1.78 bits per heavy atom. The van der Waals surface area contributed by atoms with Gasteiger partial charge in [-0.1, -0.05) is 41.4 Å². The molecule has 90 valence electrons. The minimum Gasteiger partial charge on any atom is -0.506 e. The summed E-state index contributed by atoms with van der Waals surface area (Å²) in [5.74, 6) is 0.0348. The summed E-state index contributed by atoms with van der Waals surface area (Å²) < 4.78 is 0. The molecule has 2 nitrogen and oxygen atoms in total. The maximum absolute atomic E-state index is 9.99. The standard InChI is InChI=1S/C14H9Cl2NO/c15-9-6-10(14(18)11(16)7-9)13-5-8-3-1-2-4-12(8)17-13/h1-7,17-18H. The second-order valence-corrected chi connectivity index (χ2v) is 4.90. The average Bonchev–Trinajstić information content (AvgIpc) is 2.77. The number of aromatic nitrogens is 1. The van der Waals surface area contributed by atoms with Gasteiger partial charge in [0.2, 0.25) is 0 Å². The van der Waals surface area contributed by atoms with E-state index in [0.717, 1.165) is 16.6 Å². The SMILES string of the molecule is Oc1c(Cl)cc(Cl)cc1-c1cc2ccccc2[nH]1. The highest BCUT2D eigenvalue weighted by molar-refractivity contribution is 6.36. The van der Waals surface area contributed by atoms with Crippen molar-refractivity contribution in [3.8, 4) is 17.0 Å². The summed E-state index contributed by atoms with van der Waals surface area (Å²) >= 11 is 11.9. The van der Waals surface area contributed by atoms with Crippen LogP contribution in [0, 0.1) is 0 Å².